The molecule has 3 aromatic rings. The average molecular weight is 538 g/mol. The molecule has 0 fully saturated rings. The summed E-state index contributed by atoms with van der Waals surface area (Å²) in [4.78, 5) is 23.5. The first-order chi connectivity index (χ1) is 16.0. The maximum Gasteiger partial charge on any atom is 0.254 e. The van der Waals surface area contributed by atoms with Crippen molar-refractivity contribution in [2.45, 2.75) is 30.7 Å². The van der Waals surface area contributed by atoms with E-state index in [2.05, 4.69) is 5.32 Å². The number of amides is 1. The van der Waals surface area contributed by atoms with Crippen LogP contribution in [0, 0.1) is 0 Å². The van der Waals surface area contributed by atoms with Crippen molar-refractivity contribution in [2.24, 2.45) is 0 Å². The Labute approximate surface area is 211 Å². The Morgan fingerprint density at radius 2 is 1.65 bits per heavy atom. The fraction of sp³-hybridized carbons (Fsp3) is 0.240. The highest BCUT2D eigenvalue weighted by atomic mass is 35.5. The summed E-state index contributed by atoms with van der Waals surface area (Å²) in [5.74, 6) is -0.401. The van der Waals surface area contributed by atoms with Gasteiger partial charge in [0.25, 0.3) is 5.91 Å². The third kappa shape index (κ3) is 7.27. The molecule has 5 nitrogen and oxygen atoms in total. The molecule has 3 rings (SSSR count). The predicted molar refractivity (Wildman–Crippen MR) is 140 cm³/mol. The zero-order valence-corrected chi connectivity index (χ0v) is 22.1. The molecule has 2 unspecified atom stereocenters. The van der Waals surface area contributed by atoms with Crippen LogP contribution in [0.25, 0.3) is 0 Å². The molecule has 34 heavy (non-hydrogen) atoms. The van der Waals surface area contributed by atoms with Gasteiger partial charge in [0.1, 0.15) is 0 Å². The van der Waals surface area contributed by atoms with Crippen molar-refractivity contribution in [2.75, 3.05) is 12.4 Å². The number of carbonyl (C=O) groups excluding carboxylic acids is 1. The van der Waals surface area contributed by atoms with Crippen LogP contribution in [-0.2, 0) is 22.7 Å². The Hall–Kier alpha value is -1.95. The first kappa shape index (κ1) is 26.7. The molecule has 0 saturated heterocycles. The number of halogens is 2. The van der Waals surface area contributed by atoms with Crippen LogP contribution in [0.1, 0.15) is 28.4 Å². The second-order valence-electron chi connectivity index (χ2n) is 8.14. The summed E-state index contributed by atoms with van der Waals surface area (Å²) in [6.45, 7) is 1.83. The minimum Gasteiger partial charge on any atom is -0.369 e. The van der Waals surface area contributed by atoms with E-state index in [1.54, 1.807) is 30.3 Å². The minimum atomic E-state index is -3.31. The molecule has 0 aliphatic heterocycles. The summed E-state index contributed by atoms with van der Waals surface area (Å²) in [7, 11) is -4.59. The molecule has 9 heteroatoms. The lowest BCUT2D eigenvalue weighted by Gasteiger charge is -2.17. The number of benzene rings is 3. The van der Waals surface area contributed by atoms with E-state index in [1.165, 1.54) is 0 Å². The first-order valence-electron chi connectivity index (χ1n) is 10.6. The molecule has 0 spiro atoms. The maximum absolute atomic E-state index is 12.9. The van der Waals surface area contributed by atoms with Gasteiger partial charge in [0, 0.05) is 17.6 Å². The molecule has 2 atom stereocenters. The monoisotopic (exact) mass is 537 g/mol. The van der Waals surface area contributed by atoms with Crippen LogP contribution >= 0.6 is 31.4 Å². The van der Waals surface area contributed by atoms with Gasteiger partial charge in [-0.15, -0.1) is 0 Å². The van der Waals surface area contributed by atoms with Gasteiger partial charge in [-0.2, -0.15) is 0 Å². The normalized spacial score (nSPS) is 13.3. The molecule has 180 valence electrons. The Morgan fingerprint density at radius 1 is 1.00 bits per heavy atom. The van der Waals surface area contributed by atoms with Crippen molar-refractivity contribution in [3.05, 3.63) is 93.5 Å². The largest absolute Gasteiger partial charge is 0.369 e. The summed E-state index contributed by atoms with van der Waals surface area (Å²) >= 11 is 12.8. The SMILES string of the molecule is CC(Cc1cccc(S(C)(=O)=O)c1)NC(=O)c1c(Cl)cc(CCP(O)c2ccccc2)cc1Cl. The highest BCUT2D eigenvalue weighted by molar-refractivity contribution is 7.90. The summed E-state index contributed by atoms with van der Waals surface area (Å²) in [6, 6.07) is 19.3. The van der Waals surface area contributed by atoms with Crippen molar-refractivity contribution in [1.29, 1.82) is 0 Å². The molecule has 0 saturated carbocycles. The number of sulfone groups is 1. The van der Waals surface area contributed by atoms with E-state index in [-0.39, 0.29) is 26.5 Å². The van der Waals surface area contributed by atoms with Crippen LogP contribution in [0.5, 0.6) is 0 Å². The second-order valence-corrected chi connectivity index (χ2v) is 12.7. The Bertz CT molecular complexity index is 1250. The van der Waals surface area contributed by atoms with E-state index in [4.69, 9.17) is 23.2 Å². The van der Waals surface area contributed by atoms with Gasteiger partial charge in [-0.25, -0.2) is 8.42 Å². The van der Waals surface area contributed by atoms with Gasteiger partial charge in [-0.3, -0.25) is 4.79 Å². The zero-order valence-electron chi connectivity index (χ0n) is 18.8. The number of hydrogen-bond donors (Lipinski definition) is 2. The molecule has 2 N–H and O–H groups in total. The molecule has 1 amide bonds. The zero-order chi connectivity index (χ0) is 24.9. The van der Waals surface area contributed by atoms with E-state index < -0.39 is 23.9 Å². The lowest BCUT2D eigenvalue weighted by molar-refractivity contribution is 0.0940. The summed E-state index contributed by atoms with van der Waals surface area (Å²) in [5.41, 5.74) is 1.83. The molecule has 0 radical (unpaired) electrons. The first-order valence-corrected chi connectivity index (χ1v) is 14.8. The molecule has 0 heterocycles. The highest BCUT2D eigenvalue weighted by Gasteiger charge is 2.19. The third-order valence-electron chi connectivity index (χ3n) is 5.24. The van der Waals surface area contributed by atoms with E-state index in [0.717, 1.165) is 22.7 Å². The van der Waals surface area contributed by atoms with Crippen LogP contribution in [0.15, 0.2) is 71.6 Å². The lowest BCUT2D eigenvalue weighted by atomic mass is 10.1. The van der Waals surface area contributed by atoms with E-state index in [1.807, 2.05) is 43.3 Å². The van der Waals surface area contributed by atoms with Crippen LogP contribution in [0.2, 0.25) is 10.0 Å². The summed E-state index contributed by atoms with van der Waals surface area (Å²) < 4.78 is 23.6. The fourth-order valence-corrected chi connectivity index (χ4v) is 6.19. The van der Waals surface area contributed by atoms with Crippen molar-refractivity contribution in [3.63, 3.8) is 0 Å². The van der Waals surface area contributed by atoms with Crippen molar-refractivity contribution >= 4 is 52.4 Å². The standard InChI is InChI=1S/C25H26Cl2NO4PS/c1-17(13-18-7-6-10-21(14-18)34(2,31)32)28-25(29)24-22(26)15-19(16-23(24)27)11-12-33(30)20-8-4-3-5-9-20/h3-10,14-17,30H,11-13H2,1-2H3,(H,28,29). The van der Waals surface area contributed by atoms with Gasteiger partial charge in [0.2, 0.25) is 0 Å². The number of aryl methyl sites for hydroxylation is 1. The van der Waals surface area contributed by atoms with E-state index >= 15 is 0 Å². The molecule has 0 aromatic heterocycles. The molecule has 0 aliphatic rings. The topological polar surface area (TPSA) is 83.5 Å². The molecular formula is C25H26Cl2NO4PS. The minimum absolute atomic E-state index is 0.193. The number of nitrogens with one attached hydrogen (secondary N) is 1. The molecule has 3 aromatic carbocycles. The van der Waals surface area contributed by atoms with E-state index in [0.29, 0.717) is 19.0 Å². The van der Waals surface area contributed by atoms with Gasteiger partial charge >= 0.3 is 0 Å². The van der Waals surface area contributed by atoms with Crippen LogP contribution < -0.4 is 10.6 Å². The summed E-state index contributed by atoms with van der Waals surface area (Å²) in [6.07, 6.45) is 2.74. The number of carbonyl (C=O) groups is 1. The highest BCUT2D eigenvalue weighted by Crippen LogP contribution is 2.32. The van der Waals surface area contributed by atoms with Crippen LogP contribution in [0.4, 0.5) is 0 Å². The molecular weight excluding hydrogens is 512 g/mol. The quantitative estimate of drug-likeness (QED) is 0.375. The second kappa shape index (κ2) is 11.7. The fourth-order valence-electron chi connectivity index (χ4n) is 3.55. The van der Waals surface area contributed by atoms with Crippen LogP contribution in [-0.4, -0.2) is 37.7 Å². The smallest absolute Gasteiger partial charge is 0.254 e. The maximum atomic E-state index is 12.9. The summed E-state index contributed by atoms with van der Waals surface area (Å²) in [5, 5.41) is 4.27. The van der Waals surface area contributed by atoms with Gasteiger partial charge in [-0.1, -0.05) is 65.7 Å². The van der Waals surface area contributed by atoms with Gasteiger partial charge in [0.05, 0.1) is 28.7 Å². The molecule has 0 bridgehead atoms. The van der Waals surface area contributed by atoms with Crippen molar-refractivity contribution < 1.29 is 18.1 Å². The van der Waals surface area contributed by atoms with Crippen molar-refractivity contribution in [3.8, 4) is 0 Å². The van der Waals surface area contributed by atoms with Gasteiger partial charge in [-0.05, 0) is 61.3 Å². The number of hydrogen-bond acceptors (Lipinski definition) is 4. The Balaban J connectivity index is 1.64. The predicted octanol–water partition coefficient (Wildman–Crippen LogP) is 5.02. The third-order valence-corrected chi connectivity index (χ3v) is 8.49. The van der Waals surface area contributed by atoms with Crippen LogP contribution in [0.3, 0.4) is 0 Å². The molecule has 0 aliphatic carbocycles. The van der Waals surface area contributed by atoms with Crippen molar-refractivity contribution in [1.82, 2.24) is 5.32 Å². The number of rotatable bonds is 9. The van der Waals surface area contributed by atoms with E-state index in [9.17, 15) is 18.1 Å². The Morgan fingerprint density at radius 3 is 2.26 bits per heavy atom. The Kier molecular flexibility index (Phi) is 9.14. The average Bonchev–Trinajstić information content (AvgIpc) is 2.77. The van der Waals surface area contributed by atoms with Gasteiger partial charge in [0.15, 0.2) is 9.84 Å². The lowest BCUT2D eigenvalue weighted by Crippen LogP contribution is -2.34. The van der Waals surface area contributed by atoms with Gasteiger partial charge < -0.3 is 10.2 Å².